The number of benzene rings is 1. The number of aliphatic imine (C=N–C) groups is 1. The molecule has 2 aromatic rings. The Morgan fingerprint density at radius 3 is 2.93 bits per heavy atom. The van der Waals surface area contributed by atoms with Gasteiger partial charge >= 0.3 is 0 Å². The van der Waals surface area contributed by atoms with Gasteiger partial charge < -0.3 is 19.7 Å². The van der Waals surface area contributed by atoms with E-state index in [1.807, 2.05) is 12.1 Å². The summed E-state index contributed by atoms with van der Waals surface area (Å²) in [6, 6.07) is 9.70. The standard InChI is InChI=1S/C22H27FN4O2/c1-2-24-21(27-11-8-22(15-27)9-12-28-16-22)26-14-17-7-10-25-20(13-17)29-19-5-3-18(23)4-6-19/h3-7,10,13H,2,8-9,11-12,14-16H2,1H3,(H,24,26). The number of hydrogen-bond acceptors (Lipinski definition) is 4. The van der Waals surface area contributed by atoms with Crippen molar-refractivity contribution >= 4 is 5.96 Å². The summed E-state index contributed by atoms with van der Waals surface area (Å²) in [5, 5.41) is 3.41. The highest BCUT2D eigenvalue weighted by molar-refractivity contribution is 5.80. The molecule has 0 amide bonds. The van der Waals surface area contributed by atoms with Crippen LogP contribution in [0.25, 0.3) is 0 Å². The van der Waals surface area contributed by atoms with Crippen LogP contribution in [0, 0.1) is 11.2 Å². The summed E-state index contributed by atoms with van der Waals surface area (Å²) in [6.45, 7) is 7.17. The van der Waals surface area contributed by atoms with Gasteiger partial charge in [-0.3, -0.25) is 0 Å². The number of rotatable bonds is 5. The van der Waals surface area contributed by atoms with E-state index < -0.39 is 0 Å². The fourth-order valence-electron chi connectivity index (χ4n) is 3.91. The van der Waals surface area contributed by atoms with E-state index in [0.29, 0.717) is 23.6 Å². The summed E-state index contributed by atoms with van der Waals surface area (Å²) in [5.74, 6) is 1.66. The number of guanidine groups is 1. The van der Waals surface area contributed by atoms with Crippen LogP contribution in [0.5, 0.6) is 11.6 Å². The van der Waals surface area contributed by atoms with Crippen molar-refractivity contribution in [2.24, 2.45) is 10.4 Å². The summed E-state index contributed by atoms with van der Waals surface area (Å²) in [4.78, 5) is 11.4. The van der Waals surface area contributed by atoms with Crippen LogP contribution in [0.15, 0.2) is 47.6 Å². The Bertz CT molecular complexity index is 850. The molecule has 0 radical (unpaired) electrons. The van der Waals surface area contributed by atoms with Crippen molar-refractivity contribution in [2.45, 2.75) is 26.3 Å². The molecule has 1 unspecified atom stereocenters. The van der Waals surface area contributed by atoms with Crippen LogP contribution in [0.2, 0.25) is 0 Å². The lowest BCUT2D eigenvalue weighted by molar-refractivity contribution is 0.156. The quantitative estimate of drug-likeness (QED) is 0.616. The Balaban J connectivity index is 1.42. The number of nitrogens with one attached hydrogen (secondary N) is 1. The molecule has 1 aromatic heterocycles. The molecule has 6 nitrogen and oxygen atoms in total. The van der Waals surface area contributed by atoms with Gasteiger partial charge in [0.1, 0.15) is 11.6 Å². The first-order valence-electron chi connectivity index (χ1n) is 10.2. The molecule has 0 saturated carbocycles. The second kappa shape index (κ2) is 8.78. The largest absolute Gasteiger partial charge is 0.439 e. The zero-order chi connectivity index (χ0) is 20.1. The van der Waals surface area contributed by atoms with Gasteiger partial charge in [0, 0.05) is 43.9 Å². The van der Waals surface area contributed by atoms with Crippen LogP contribution < -0.4 is 10.1 Å². The van der Waals surface area contributed by atoms with Crippen molar-refractivity contribution in [2.75, 3.05) is 32.8 Å². The minimum atomic E-state index is -0.294. The van der Waals surface area contributed by atoms with Gasteiger partial charge in [0.15, 0.2) is 5.96 Å². The smallest absolute Gasteiger partial charge is 0.219 e. The maximum Gasteiger partial charge on any atom is 0.219 e. The highest BCUT2D eigenvalue weighted by Gasteiger charge is 2.42. The molecule has 7 heteroatoms. The van der Waals surface area contributed by atoms with Gasteiger partial charge in [-0.2, -0.15) is 0 Å². The fourth-order valence-corrected chi connectivity index (χ4v) is 3.91. The van der Waals surface area contributed by atoms with Crippen LogP contribution >= 0.6 is 0 Å². The third kappa shape index (κ3) is 4.85. The van der Waals surface area contributed by atoms with Crippen LogP contribution in [0.4, 0.5) is 4.39 Å². The Labute approximate surface area is 170 Å². The fraction of sp³-hybridized carbons (Fsp3) is 0.455. The lowest BCUT2D eigenvalue weighted by Gasteiger charge is -2.25. The lowest BCUT2D eigenvalue weighted by Crippen LogP contribution is -2.41. The van der Waals surface area contributed by atoms with E-state index in [1.54, 1.807) is 18.3 Å². The molecule has 0 aliphatic carbocycles. The van der Waals surface area contributed by atoms with E-state index in [1.165, 1.54) is 12.1 Å². The minimum Gasteiger partial charge on any atom is -0.439 e. The van der Waals surface area contributed by atoms with Crippen molar-refractivity contribution in [3.05, 3.63) is 54.0 Å². The average Bonchev–Trinajstić information content (AvgIpc) is 3.37. The van der Waals surface area contributed by atoms with Crippen molar-refractivity contribution in [3.63, 3.8) is 0 Å². The molecule has 1 spiro atoms. The molecular formula is C22H27FN4O2. The van der Waals surface area contributed by atoms with Crippen LogP contribution in [-0.2, 0) is 11.3 Å². The Morgan fingerprint density at radius 2 is 2.17 bits per heavy atom. The Hall–Kier alpha value is -2.67. The SMILES string of the molecule is CCNC(=NCc1ccnc(Oc2ccc(F)cc2)c1)N1CCC2(CCOC2)C1. The molecular weight excluding hydrogens is 371 g/mol. The Morgan fingerprint density at radius 1 is 1.31 bits per heavy atom. The number of pyridine rings is 1. The second-order valence-electron chi connectivity index (χ2n) is 7.70. The van der Waals surface area contributed by atoms with Crippen molar-refractivity contribution in [1.29, 1.82) is 0 Å². The van der Waals surface area contributed by atoms with Gasteiger partial charge in [-0.15, -0.1) is 0 Å². The highest BCUT2D eigenvalue weighted by atomic mass is 19.1. The summed E-state index contributed by atoms with van der Waals surface area (Å²) >= 11 is 0. The van der Waals surface area contributed by atoms with E-state index >= 15 is 0 Å². The normalized spacial score (nSPS) is 21.7. The van der Waals surface area contributed by atoms with E-state index in [9.17, 15) is 4.39 Å². The predicted octanol–water partition coefficient (Wildman–Crippen LogP) is 3.59. The van der Waals surface area contributed by atoms with Crippen LogP contribution in [0.1, 0.15) is 25.3 Å². The first kappa shape index (κ1) is 19.6. The molecule has 1 atom stereocenters. The van der Waals surface area contributed by atoms with Gasteiger partial charge in [-0.05, 0) is 55.7 Å². The molecule has 2 saturated heterocycles. The molecule has 2 aliphatic rings. The van der Waals surface area contributed by atoms with Gasteiger partial charge in [0.05, 0.1) is 13.2 Å². The monoisotopic (exact) mass is 398 g/mol. The zero-order valence-electron chi connectivity index (χ0n) is 16.7. The zero-order valence-corrected chi connectivity index (χ0v) is 16.7. The Kier molecular flexibility index (Phi) is 5.94. The van der Waals surface area contributed by atoms with E-state index in [0.717, 1.165) is 57.2 Å². The number of likely N-dealkylation sites (tertiary alicyclic amines) is 1. The molecule has 1 N–H and O–H groups in total. The van der Waals surface area contributed by atoms with Crippen LogP contribution in [-0.4, -0.2) is 48.7 Å². The molecule has 2 aliphatic heterocycles. The minimum absolute atomic E-state index is 0.294. The van der Waals surface area contributed by atoms with Gasteiger partial charge in [0.2, 0.25) is 5.88 Å². The number of nitrogens with zero attached hydrogens (tertiary/aromatic N) is 3. The molecule has 0 bridgehead atoms. The van der Waals surface area contributed by atoms with Crippen LogP contribution in [0.3, 0.4) is 0 Å². The van der Waals surface area contributed by atoms with Crippen molar-refractivity contribution < 1.29 is 13.9 Å². The number of ether oxygens (including phenoxy) is 2. The molecule has 29 heavy (non-hydrogen) atoms. The van der Waals surface area contributed by atoms with Gasteiger partial charge in [0.25, 0.3) is 0 Å². The van der Waals surface area contributed by atoms with Gasteiger partial charge in [-0.1, -0.05) is 0 Å². The third-order valence-corrected chi connectivity index (χ3v) is 5.50. The number of aromatic nitrogens is 1. The predicted molar refractivity (Wildman–Crippen MR) is 110 cm³/mol. The molecule has 1 aromatic carbocycles. The summed E-state index contributed by atoms with van der Waals surface area (Å²) in [5.41, 5.74) is 1.30. The third-order valence-electron chi connectivity index (χ3n) is 5.50. The lowest BCUT2D eigenvalue weighted by atomic mass is 9.87. The molecule has 3 heterocycles. The van der Waals surface area contributed by atoms with Crippen molar-refractivity contribution in [1.82, 2.24) is 15.2 Å². The molecule has 4 rings (SSSR count). The maximum absolute atomic E-state index is 13.1. The van der Waals surface area contributed by atoms with E-state index in [4.69, 9.17) is 14.5 Å². The van der Waals surface area contributed by atoms with Crippen molar-refractivity contribution in [3.8, 4) is 11.6 Å². The average molecular weight is 398 g/mol. The molecule has 154 valence electrons. The summed E-state index contributed by atoms with van der Waals surface area (Å²) in [6.07, 6.45) is 4.00. The number of halogens is 1. The number of hydrogen-bond donors (Lipinski definition) is 1. The second-order valence-corrected chi connectivity index (χ2v) is 7.70. The van der Waals surface area contributed by atoms with Gasteiger partial charge in [-0.25, -0.2) is 14.4 Å². The first-order valence-corrected chi connectivity index (χ1v) is 10.2. The topological polar surface area (TPSA) is 59.0 Å². The highest BCUT2D eigenvalue weighted by Crippen LogP contribution is 2.38. The van der Waals surface area contributed by atoms with E-state index in [-0.39, 0.29) is 5.82 Å². The summed E-state index contributed by atoms with van der Waals surface area (Å²) in [7, 11) is 0. The molecule has 2 fully saturated rings. The maximum atomic E-state index is 13.1. The summed E-state index contributed by atoms with van der Waals surface area (Å²) < 4.78 is 24.4. The first-order chi connectivity index (χ1) is 14.2. The van der Waals surface area contributed by atoms with E-state index in [2.05, 4.69) is 22.1 Å².